The summed E-state index contributed by atoms with van der Waals surface area (Å²) in [6, 6.07) is 0. The molecule has 6 heteroatoms. The van der Waals surface area contributed by atoms with Crippen LogP contribution in [-0.4, -0.2) is 37.2 Å². The number of esters is 3. The molecule has 0 bridgehead atoms. The zero-order chi connectivity index (χ0) is 42.3. The molecule has 0 aromatic carbocycles. The SMILES string of the molecule is CC\C=C/C=C\C=C/CCCCCCCCCC(=O)OC(COC(=O)CCCCC/C=C\C/C=C\C/C=C\C/C=C\CC)COC(=O)CCCCCCCCCCC. The van der Waals surface area contributed by atoms with Gasteiger partial charge >= 0.3 is 17.9 Å². The number of unbranched alkanes of at least 4 members (excludes halogenated alkanes) is 18. The molecule has 1 unspecified atom stereocenters. The zero-order valence-corrected chi connectivity index (χ0v) is 37.5. The fraction of sp³-hybridized carbons (Fsp3) is 0.673. The van der Waals surface area contributed by atoms with Gasteiger partial charge in [0.1, 0.15) is 13.2 Å². The molecule has 0 saturated heterocycles. The van der Waals surface area contributed by atoms with Gasteiger partial charge in [-0.1, -0.05) is 196 Å². The molecule has 0 heterocycles. The van der Waals surface area contributed by atoms with E-state index in [2.05, 4.69) is 106 Å². The predicted octanol–water partition coefficient (Wildman–Crippen LogP) is 15.3. The molecule has 330 valence electrons. The van der Waals surface area contributed by atoms with Crippen molar-refractivity contribution in [2.24, 2.45) is 0 Å². The second-order valence-electron chi connectivity index (χ2n) is 15.3. The Morgan fingerprint density at radius 1 is 0.379 bits per heavy atom. The molecule has 0 rings (SSSR count). The summed E-state index contributed by atoms with van der Waals surface area (Å²) in [6.07, 6.45) is 58.5. The molecule has 0 spiro atoms. The Bertz CT molecular complexity index is 1160. The average Bonchev–Trinajstić information content (AvgIpc) is 3.22. The van der Waals surface area contributed by atoms with Gasteiger partial charge in [-0.2, -0.15) is 0 Å². The summed E-state index contributed by atoms with van der Waals surface area (Å²) < 4.78 is 16.7. The Morgan fingerprint density at radius 3 is 1.26 bits per heavy atom. The minimum Gasteiger partial charge on any atom is -0.462 e. The van der Waals surface area contributed by atoms with Gasteiger partial charge in [-0.05, 0) is 77.0 Å². The van der Waals surface area contributed by atoms with Gasteiger partial charge in [0, 0.05) is 19.3 Å². The number of hydrogen-bond donors (Lipinski definition) is 0. The first-order valence-corrected chi connectivity index (χ1v) is 23.6. The molecular formula is C52H86O6. The third-order valence-electron chi connectivity index (χ3n) is 9.71. The summed E-state index contributed by atoms with van der Waals surface area (Å²) in [7, 11) is 0. The van der Waals surface area contributed by atoms with E-state index in [-0.39, 0.29) is 31.1 Å². The van der Waals surface area contributed by atoms with E-state index in [0.29, 0.717) is 19.3 Å². The highest BCUT2D eigenvalue weighted by Gasteiger charge is 2.19. The van der Waals surface area contributed by atoms with Crippen LogP contribution in [0.2, 0.25) is 0 Å². The Morgan fingerprint density at radius 2 is 0.759 bits per heavy atom. The first-order valence-electron chi connectivity index (χ1n) is 23.6. The van der Waals surface area contributed by atoms with E-state index in [4.69, 9.17) is 14.2 Å². The van der Waals surface area contributed by atoms with Gasteiger partial charge in [-0.15, -0.1) is 0 Å². The van der Waals surface area contributed by atoms with Crippen LogP contribution < -0.4 is 0 Å². The normalized spacial score (nSPS) is 12.8. The van der Waals surface area contributed by atoms with Crippen molar-refractivity contribution >= 4 is 17.9 Å². The van der Waals surface area contributed by atoms with Gasteiger partial charge in [-0.25, -0.2) is 0 Å². The summed E-state index contributed by atoms with van der Waals surface area (Å²) in [5, 5.41) is 0. The number of ether oxygens (including phenoxy) is 3. The highest BCUT2D eigenvalue weighted by molar-refractivity contribution is 5.71. The van der Waals surface area contributed by atoms with Crippen molar-refractivity contribution in [3.63, 3.8) is 0 Å². The van der Waals surface area contributed by atoms with Gasteiger partial charge in [0.05, 0.1) is 0 Å². The standard InChI is InChI=1S/C52H86O6/c1-4-7-10-13-16-19-21-23-25-27-28-30-33-36-39-42-45-51(54)57-48-49(47-56-50(53)44-41-38-35-32-18-15-12-9-6-3)58-52(55)46-43-40-37-34-31-29-26-24-22-20-17-14-11-8-5-2/h7-8,10-11,14,16-17,19-20,22-23,25,28,30,49H,4-6,9,12-13,15,18,21,24,26-27,29,31-48H2,1-3H3/b10-7-,11-8-,17-14-,19-16-,22-20-,25-23-,30-28-. The molecule has 0 aromatic heterocycles. The first-order chi connectivity index (χ1) is 28.5. The molecule has 6 nitrogen and oxygen atoms in total. The van der Waals surface area contributed by atoms with Crippen LogP contribution in [0.4, 0.5) is 0 Å². The van der Waals surface area contributed by atoms with E-state index >= 15 is 0 Å². The van der Waals surface area contributed by atoms with Gasteiger partial charge in [0.15, 0.2) is 6.10 Å². The van der Waals surface area contributed by atoms with Crippen LogP contribution in [0.15, 0.2) is 85.1 Å². The van der Waals surface area contributed by atoms with Crippen molar-refractivity contribution in [3.8, 4) is 0 Å². The molecule has 1 atom stereocenters. The monoisotopic (exact) mass is 807 g/mol. The maximum absolute atomic E-state index is 12.7. The van der Waals surface area contributed by atoms with Crippen molar-refractivity contribution in [1.29, 1.82) is 0 Å². The van der Waals surface area contributed by atoms with Crippen molar-refractivity contribution < 1.29 is 28.6 Å². The molecule has 0 aromatic rings. The number of carbonyl (C=O) groups is 3. The van der Waals surface area contributed by atoms with Crippen LogP contribution in [-0.2, 0) is 28.6 Å². The number of hydrogen-bond acceptors (Lipinski definition) is 6. The Labute approximate surface area is 356 Å². The highest BCUT2D eigenvalue weighted by Crippen LogP contribution is 2.13. The van der Waals surface area contributed by atoms with E-state index in [1.807, 2.05) is 0 Å². The van der Waals surface area contributed by atoms with Crippen LogP contribution in [0.1, 0.15) is 207 Å². The van der Waals surface area contributed by atoms with Crippen LogP contribution in [0, 0.1) is 0 Å². The topological polar surface area (TPSA) is 78.9 Å². The van der Waals surface area contributed by atoms with Gasteiger partial charge in [0.25, 0.3) is 0 Å². The first kappa shape index (κ1) is 54.6. The van der Waals surface area contributed by atoms with Gasteiger partial charge in [-0.3, -0.25) is 14.4 Å². The summed E-state index contributed by atoms with van der Waals surface area (Å²) in [6.45, 7) is 6.32. The van der Waals surface area contributed by atoms with Gasteiger partial charge < -0.3 is 14.2 Å². The Balaban J connectivity index is 4.44. The van der Waals surface area contributed by atoms with Crippen molar-refractivity contribution in [2.75, 3.05) is 13.2 Å². The lowest BCUT2D eigenvalue weighted by atomic mass is 10.1. The molecule has 0 aliphatic heterocycles. The lowest BCUT2D eigenvalue weighted by Gasteiger charge is -2.18. The third kappa shape index (κ3) is 43.7. The van der Waals surface area contributed by atoms with Crippen molar-refractivity contribution in [1.82, 2.24) is 0 Å². The second-order valence-corrected chi connectivity index (χ2v) is 15.3. The summed E-state index contributed by atoms with van der Waals surface area (Å²) in [5.74, 6) is -0.944. The second kappa shape index (κ2) is 46.3. The molecule has 0 fully saturated rings. The van der Waals surface area contributed by atoms with Crippen LogP contribution in [0.3, 0.4) is 0 Å². The Kier molecular flexibility index (Phi) is 43.6. The molecule has 0 amide bonds. The maximum atomic E-state index is 12.7. The molecule has 0 aliphatic rings. The molecule has 0 N–H and O–H groups in total. The van der Waals surface area contributed by atoms with Crippen LogP contribution in [0.25, 0.3) is 0 Å². The quantitative estimate of drug-likeness (QED) is 0.0201. The predicted molar refractivity (Wildman–Crippen MR) is 247 cm³/mol. The van der Waals surface area contributed by atoms with E-state index in [1.54, 1.807) is 0 Å². The maximum Gasteiger partial charge on any atom is 0.306 e. The fourth-order valence-corrected chi connectivity index (χ4v) is 6.20. The summed E-state index contributed by atoms with van der Waals surface area (Å²) in [4.78, 5) is 37.8. The lowest BCUT2D eigenvalue weighted by molar-refractivity contribution is -0.167. The van der Waals surface area contributed by atoms with E-state index in [1.165, 1.54) is 64.2 Å². The highest BCUT2D eigenvalue weighted by atomic mass is 16.6. The zero-order valence-electron chi connectivity index (χ0n) is 37.5. The fourth-order valence-electron chi connectivity index (χ4n) is 6.20. The molecule has 58 heavy (non-hydrogen) atoms. The average molecular weight is 807 g/mol. The Hall–Kier alpha value is -3.41. The van der Waals surface area contributed by atoms with Crippen molar-refractivity contribution in [2.45, 2.75) is 213 Å². The largest absolute Gasteiger partial charge is 0.462 e. The van der Waals surface area contributed by atoms with Crippen molar-refractivity contribution in [3.05, 3.63) is 85.1 Å². The number of rotatable bonds is 41. The molecule has 0 radical (unpaired) electrons. The van der Waals surface area contributed by atoms with E-state index in [0.717, 1.165) is 103 Å². The van der Waals surface area contributed by atoms with E-state index in [9.17, 15) is 14.4 Å². The summed E-state index contributed by atoms with van der Waals surface area (Å²) >= 11 is 0. The minimum absolute atomic E-state index is 0.0917. The lowest BCUT2D eigenvalue weighted by Crippen LogP contribution is -2.30. The summed E-state index contributed by atoms with van der Waals surface area (Å²) in [5.41, 5.74) is 0. The minimum atomic E-state index is -0.793. The number of allylic oxidation sites excluding steroid dienone is 14. The smallest absolute Gasteiger partial charge is 0.306 e. The van der Waals surface area contributed by atoms with Crippen LogP contribution in [0.5, 0.6) is 0 Å². The van der Waals surface area contributed by atoms with Crippen LogP contribution >= 0.6 is 0 Å². The van der Waals surface area contributed by atoms with Gasteiger partial charge in [0.2, 0.25) is 0 Å². The molecule has 0 saturated carbocycles. The molecular weight excluding hydrogens is 721 g/mol. The van der Waals surface area contributed by atoms with E-state index < -0.39 is 6.10 Å². The number of carbonyl (C=O) groups excluding carboxylic acids is 3. The third-order valence-corrected chi connectivity index (χ3v) is 9.71. The molecule has 0 aliphatic carbocycles.